The Balaban J connectivity index is 1.93. The summed E-state index contributed by atoms with van der Waals surface area (Å²) < 4.78 is 0. The standard InChI is InChI=1S/C17H16O2/c18-11-13-5-8-16-14(10-13)6-7-15(17(16)19)9-12-3-1-2-4-12/h3,5,8-11H,1-2,4,6-7H2/b15-9+. The van der Waals surface area contributed by atoms with Gasteiger partial charge in [0.1, 0.15) is 6.29 Å². The van der Waals surface area contributed by atoms with Crippen LogP contribution in [0, 0.1) is 0 Å². The molecule has 0 radical (unpaired) electrons. The largest absolute Gasteiger partial charge is 0.298 e. The molecule has 0 N–H and O–H groups in total. The van der Waals surface area contributed by atoms with E-state index in [1.807, 2.05) is 6.07 Å². The molecule has 0 unspecified atom stereocenters. The number of hydrogen-bond acceptors (Lipinski definition) is 2. The van der Waals surface area contributed by atoms with Gasteiger partial charge in [0, 0.05) is 16.7 Å². The smallest absolute Gasteiger partial charge is 0.189 e. The van der Waals surface area contributed by atoms with Gasteiger partial charge in [-0.3, -0.25) is 9.59 Å². The molecule has 0 aromatic heterocycles. The summed E-state index contributed by atoms with van der Waals surface area (Å²) in [4.78, 5) is 23.2. The normalized spacial score (nSPS) is 20.3. The lowest BCUT2D eigenvalue weighted by Crippen LogP contribution is -2.14. The molecule has 1 aromatic carbocycles. The maximum absolute atomic E-state index is 12.4. The summed E-state index contributed by atoms with van der Waals surface area (Å²) in [6, 6.07) is 5.35. The van der Waals surface area contributed by atoms with Crippen molar-refractivity contribution in [3.8, 4) is 0 Å². The van der Waals surface area contributed by atoms with Crippen LogP contribution in [0.3, 0.4) is 0 Å². The molecule has 0 aliphatic heterocycles. The van der Waals surface area contributed by atoms with Crippen molar-refractivity contribution in [1.82, 2.24) is 0 Å². The molecular weight excluding hydrogens is 236 g/mol. The first-order valence-corrected chi connectivity index (χ1v) is 6.80. The number of Topliss-reactive ketones (excluding diaryl/α,β-unsaturated/α-hetero) is 1. The highest BCUT2D eigenvalue weighted by Gasteiger charge is 2.22. The molecule has 3 rings (SSSR count). The summed E-state index contributed by atoms with van der Waals surface area (Å²) in [5.74, 6) is 0.131. The number of carbonyl (C=O) groups excluding carboxylic acids is 2. The summed E-state index contributed by atoms with van der Waals surface area (Å²) in [5, 5.41) is 0. The van der Waals surface area contributed by atoms with E-state index in [0.29, 0.717) is 5.56 Å². The Morgan fingerprint density at radius 3 is 2.74 bits per heavy atom. The molecule has 0 amide bonds. The van der Waals surface area contributed by atoms with Gasteiger partial charge in [-0.25, -0.2) is 0 Å². The molecule has 0 heterocycles. The summed E-state index contributed by atoms with van der Waals surface area (Å²) >= 11 is 0. The van der Waals surface area contributed by atoms with Gasteiger partial charge in [-0.1, -0.05) is 29.9 Å². The number of hydrogen-bond donors (Lipinski definition) is 0. The Morgan fingerprint density at radius 1 is 1.11 bits per heavy atom. The van der Waals surface area contributed by atoms with Gasteiger partial charge in [0.25, 0.3) is 0 Å². The van der Waals surface area contributed by atoms with Crippen LogP contribution < -0.4 is 0 Å². The number of rotatable bonds is 2. The summed E-state index contributed by atoms with van der Waals surface area (Å²) in [6.07, 6.45) is 10.2. The van der Waals surface area contributed by atoms with Crippen molar-refractivity contribution in [2.45, 2.75) is 32.1 Å². The highest BCUT2D eigenvalue weighted by atomic mass is 16.1. The number of ketones is 1. The van der Waals surface area contributed by atoms with E-state index in [1.165, 1.54) is 12.0 Å². The van der Waals surface area contributed by atoms with Gasteiger partial charge in [-0.15, -0.1) is 0 Å². The van der Waals surface area contributed by atoms with E-state index < -0.39 is 0 Å². The van der Waals surface area contributed by atoms with Crippen molar-refractivity contribution in [2.24, 2.45) is 0 Å². The van der Waals surface area contributed by atoms with Crippen molar-refractivity contribution in [3.05, 3.63) is 58.2 Å². The highest BCUT2D eigenvalue weighted by molar-refractivity contribution is 6.11. The molecule has 2 aliphatic rings. The second-order valence-electron chi connectivity index (χ2n) is 5.20. The zero-order valence-corrected chi connectivity index (χ0v) is 10.8. The molecule has 0 saturated heterocycles. The maximum atomic E-state index is 12.4. The second kappa shape index (κ2) is 4.96. The van der Waals surface area contributed by atoms with Gasteiger partial charge in [-0.05, 0) is 43.7 Å². The minimum absolute atomic E-state index is 0.131. The Morgan fingerprint density at radius 2 is 2.00 bits per heavy atom. The third-order valence-electron chi connectivity index (χ3n) is 3.90. The number of carbonyl (C=O) groups is 2. The third-order valence-corrected chi connectivity index (χ3v) is 3.90. The molecule has 0 bridgehead atoms. The minimum atomic E-state index is 0.131. The second-order valence-corrected chi connectivity index (χ2v) is 5.20. The Bertz CT molecular complexity index is 606. The van der Waals surface area contributed by atoms with Gasteiger partial charge >= 0.3 is 0 Å². The fraction of sp³-hybridized carbons (Fsp3) is 0.294. The molecule has 1 aromatic rings. The zero-order valence-electron chi connectivity index (χ0n) is 10.8. The molecular formula is C17H16O2. The molecule has 2 aliphatic carbocycles. The van der Waals surface area contributed by atoms with Crippen LogP contribution in [0.1, 0.15) is 52.0 Å². The average Bonchev–Trinajstić information content (AvgIpc) is 2.94. The highest BCUT2D eigenvalue weighted by Crippen LogP contribution is 2.28. The molecule has 2 heteroatoms. The fourth-order valence-electron chi connectivity index (χ4n) is 2.86. The predicted octanol–water partition coefficient (Wildman–Crippen LogP) is 3.66. The molecule has 0 fully saturated rings. The quantitative estimate of drug-likeness (QED) is 0.594. The Hall–Kier alpha value is -1.96. The van der Waals surface area contributed by atoms with E-state index in [-0.39, 0.29) is 5.78 Å². The van der Waals surface area contributed by atoms with Crippen molar-refractivity contribution >= 4 is 12.1 Å². The lowest BCUT2D eigenvalue weighted by atomic mass is 9.85. The van der Waals surface area contributed by atoms with Gasteiger partial charge in [0.15, 0.2) is 5.78 Å². The molecule has 0 spiro atoms. The minimum Gasteiger partial charge on any atom is -0.298 e. The van der Waals surface area contributed by atoms with Crippen molar-refractivity contribution in [3.63, 3.8) is 0 Å². The van der Waals surface area contributed by atoms with Gasteiger partial charge in [-0.2, -0.15) is 0 Å². The Labute approximate surface area is 112 Å². The maximum Gasteiger partial charge on any atom is 0.189 e. The number of benzene rings is 1. The number of aldehydes is 1. The van der Waals surface area contributed by atoms with Crippen LogP contribution in [0.2, 0.25) is 0 Å². The van der Waals surface area contributed by atoms with Crippen LogP contribution in [0.15, 0.2) is 41.5 Å². The molecule has 96 valence electrons. The summed E-state index contributed by atoms with van der Waals surface area (Å²) in [5.41, 5.74) is 4.64. The van der Waals surface area contributed by atoms with Gasteiger partial charge in [0.2, 0.25) is 0 Å². The first kappa shape index (κ1) is 12.1. The van der Waals surface area contributed by atoms with Crippen LogP contribution in [0.4, 0.5) is 0 Å². The first-order chi connectivity index (χ1) is 9.28. The topological polar surface area (TPSA) is 34.1 Å². The van der Waals surface area contributed by atoms with E-state index in [2.05, 4.69) is 12.2 Å². The monoisotopic (exact) mass is 252 g/mol. The average molecular weight is 252 g/mol. The van der Waals surface area contributed by atoms with E-state index in [1.54, 1.807) is 12.1 Å². The van der Waals surface area contributed by atoms with Crippen LogP contribution >= 0.6 is 0 Å². The predicted molar refractivity (Wildman–Crippen MR) is 74.5 cm³/mol. The molecule has 0 atom stereocenters. The van der Waals surface area contributed by atoms with Crippen LogP contribution in [-0.2, 0) is 6.42 Å². The van der Waals surface area contributed by atoms with E-state index >= 15 is 0 Å². The fourth-order valence-corrected chi connectivity index (χ4v) is 2.86. The van der Waals surface area contributed by atoms with Gasteiger partial charge < -0.3 is 0 Å². The lowest BCUT2D eigenvalue weighted by Gasteiger charge is -2.18. The van der Waals surface area contributed by atoms with Crippen LogP contribution in [0.25, 0.3) is 0 Å². The van der Waals surface area contributed by atoms with E-state index in [9.17, 15) is 9.59 Å². The molecule has 19 heavy (non-hydrogen) atoms. The molecule has 2 nitrogen and oxygen atoms in total. The van der Waals surface area contributed by atoms with Crippen molar-refractivity contribution < 1.29 is 9.59 Å². The van der Waals surface area contributed by atoms with Gasteiger partial charge in [0.05, 0.1) is 0 Å². The third kappa shape index (κ3) is 2.30. The number of aryl methyl sites for hydroxylation is 1. The Kier molecular flexibility index (Phi) is 3.16. The van der Waals surface area contributed by atoms with Crippen LogP contribution in [-0.4, -0.2) is 12.1 Å². The summed E-state index contributed by atoms with van der Waals surface area (Å²) in [7, 11) is 0. The van der Waals surface area contributed by atoms with E-state index in [4.69, 9.17) is 0 Å². The zero-order chi connectivity index (χ0) is 13.2. The number of allylic oxidation sites excluding steroid dienone is 4. The number of fused-ring (bicyclic) bond motifs is 1. The summed E-state index contributed by atoms with van der Waals surface area (Å²) in [6.45, 7) is 0. The lowest BCUT2D eigenvalue weighted by molar-refractivity contribution is 0.102. The van der Waals surface area contributed by atoms with Crippen molar-refractivity contribution in [2.75, 3.05) is 0 Å². The van der Waals surface area contributed by atoms with Crippen LogP contribution in [0.5, 0.6) is 0 Å². The molecule has 0 saturated carbocycles. The van der Waals surface area contributed by atoms with E-state index in [0.717, 1.165) is 48.7 Å². The SMILES string of the molecule is O=Cc1ccc2c(c1)CC/C(=C\C1=CCCC1)C2=O. The van der Waals surface area contributed by atoms with Crippen molar-refractivity contribution in [1.29, 1.82) is 0 Å². The first-order valence-electron chi connectivity index (χ1n) is 6.80.